The van der Waals surface area contributed by atoms with Crippen molar-refractivity contribution in [3.05, 3.63) is 59.4 Å². The molecule has 2 unspecified atom stereocenters. The lowest BCUT2D eigenvalue weighted by molar-refractivity contribution is -0.129. The quantitative estimate of drug-likeness (QED) is 0.689. The first-order chi connectivity index (χ1) is 12.8. The molecule has 0 aliphatic heterocycles. The van der Waals surface area contributed by atoms with Crippen LogP contribution in [0, 0.1) is 12.7 Å². The number of hydrogen-bond donors (Lipinski definition) is 1. The minimum absolute atomic E-state index is 0.178. The molecule has 1 aromatic carbocycles. The van der Waals surface area contributed by atoms with Gasteiger partial charge in [0.05, 0.1) is 6.04 Å². The zero-order chi connectivity index (χ0) is 19.6. The average molecular weight is 371 g/mol. The summed E-state index contributed by atoms with van der Waals surface area (Å²) in [5, 5.41) is 6.75. The monoisotopic (exact) mass is 371 g/mol. The maximum absolute atomic E-state index is 13.0. The van der Waals surface area contributed by atoms with Gasteiger partial charge in [0.15, 0.2) is 6.10 Å². The Balaban J connectivity index is 1.63. The molecule has 0 fully saturated rings. The van der Waals surface area contributed by atoms with Crippen molar-refractivity contribution < 1.29 is 18.7 Å². The van der Waals surface area contributed by atoms with E-state index >= 15 is 0 Å². The Morgan fingerprint density at radius 3 is 2.56 bits per heavy atom. The van der Waals surface area contributed by atoms with Gasteiger partial charge in [-0.1, -0.05) is 12.1 Å². The first-order valence-electron chi connectivity index (χ1n) is 8.30. The summed E-state index contributed by atoms with van der Waals surface area (Å²) in [6.45, 7) is 4.99. The first-order valence-corrected chi connectivity index (χ1v) is 8.30. The molecule has 140 valence electrons. The second-order valence-corrected chi connectivity index (χ2v) is 6.06. The number of amides is 1. The summed E-state index contributed by atoms with van der Waals surface area (Å²) in [4.78, 5) is 32.5. The van der Waals surface area contributed by atoms with Crippen molar-refractivity contribution in [2.75, 3.05) is 0 Å². The number of nitrogens with zero attached hydrogens (tertiary/aromatic N) is 4. The Kier molecular flexibility index (Phi) is 5.11. The lowest BCUT2D eigenvalue weighted by Gasteiger charge is -2.17. The van der Waals surface area contributed by atoms with Crippen molar-refractivity contribution >= 4 is 17.7 Å². The van der Waals surface area contributed by atoms with E-state index in [9.17, 15) is 14.0 Å². The van der Waals surface area contributed by atoms with Gasteiger partial charge in [0.2, 0.25) is 0 Å². The number of benzene rings is 1. The standard InChI is InChI=1S/C18H18FN5O3/c1-10-8-9-20-18-22-15(23-24(10)18)17(26)27-12(3)16(25)21-11(2)13-4-6-14(19)7-5-13/h4-9,11-12H,1-3H3,(H,21,25). The predicted molar refractivity (Wildman–Crippen MR) is 93.4 cm³/mol. The van der Waals surface area contributed by atoms with Crippen LogP contribution in [0.3, 0.4) is 0 Å². The molecule has 2 aromatic heterocycles. The lowest BCUT2D eigenvalue weighted by Crippen LogP contribution is -2.37. The number of esters is 1. The molecule has 1 N–H and O–H groups in total. The fraction of sp³-hybridized carbons (Fsp3) is 0.278. The molecule has 1 amide bonds. The highest BCUT2D eigenvalue weighted by atomic mass is 19.1. The second kappa shape index (κ2) is 7.48. The van der Waals surface area contributed by atoms with E-state index in [1.807, 2.05) is 0 Å². The fourth-order valence-electron chi connectivity index (χ4n) is 2.43. The molecule has 27 heavy (non-hydrogen) atoms. The number of halogens is 1. The number of hydrogen-bond acceptors (Lipinski definition) is 6. The summed E-state index contributed by atoms with van der Waals surface area (Å²) in [6, 6.07) is 7.13. The van der Waals surface area contributed by atoms with E-state index in [1.54, 1.807) is 38.2 Å². The number of fused-ring (bicyclic) bond motifs is 1. The summed E-state index contributed by atoms with van der Waals surface area (Å²) < 4.78 is 19.5. The molecule has 0 aliphatic rings. The Hall–Kier alpha value is -3.36. The SMILES string of the molecule is Cc1ccnc2nc(C(=O)OC(C)C(=O)NC(C)c3ccc(F)cc3)nn12. The number of nitrogens with one attached hydrogen (secondary N) is 1. The molecular weight excluding hydrogens is 353 g/mol. The van der Waals surface area contributed by atoms with Gasteiger partial charge >= 0.3 is 5.97 Å². The Bertz CT molecular complexity index is 986. The Labute approximate surface area is 154 Å². The van der Waals surface area contributed by atoms with Crippen molar-refractivity contribution in [1.29, 1.82) is 0 Å². The highest BCUT2D eigenvalue weighted by Gasteiger charge is 2.23. The third-order valence-corrected chi connectivity index (χ3v) is 3.99. The van der Waals surface area contributed by atoms with E-state index in [4.69, 9.17) is 4.74 Å². The molecule has 9 heteroatoms. The van der Waals surface area contributed by atoms with Crippen LogP contribution < -0.4 is 5.32 Å². The molecule has 8 nitrogen and oxygen atoms in total. The smallest absolute Gasteiger partial charge is 0.379 e. The van der Waals surface area contributed by atoms with E-state index < -0.39 is 18.0 Å². The molecule has 0 spiro atoms. The van der Waals surface area contributed by atoms with Gasteiger partial charge < -0.3 is 10.1 Å². The minimum Gasteiger partial charge on any atom is -0.447 e. The largest absolute Gasteiger partial charge is 0.447 e. The first kappa shape index (κ1) is 18.4. The number of rotatable bonds is 5. The number of aryl methyl sites for hydroxylation is 1. The van der Waals surface area contributed by atoms with Gasteiger partial charge in [0, 0.05) is 11.9 Å². The van der Waals surface area contributed by atoms with Gasteiger partial charge in [-0.3, -0.25) is 4.79 Å². The molecule has 2 atom stereocenters. The van der Waals surface area contributed by atoms with Crippen LogP contribution in [0.5, 0.6) is 0 Å². The van der Waals surface area contributed by atoms with E-state index in [-0.39, 0.29) is 23.5 Å². The second-order valence-electron chi connectivity index (χ2n) is 6.06. The maximum Gasteiger partial charge on any atom is 0.379 e. The van der Waals surface area contributed by atoms with E-state index in [2.05, 4.69) is 20.4 Å². The van der Waals surface area contributed by atoms with Crippen LogP contribution in [-0.4, -0.2) is 37.6 Å². The highest BCUT2D eigenvalue weighted by Crippen LogP contribution is 2.13. The average Bonchev–Trinajstić information content (AvgIpc) is 3.08. The maximum atomic E-state index is 13.0. The summed E-state index contributed by atoms with van der Waals surface area (Å²) in [6.07, 6.45) is 0.502. The summed E-state index contributed by atoms with van der Waals surface area (Å²) in [7, 11) is 0. The van der Waals surface area contributed by atoms with Gasteiger partial charge in [0.1, 0.15) is 5.82 Å². The fourth-order valence-corrected chi connectivity index (χ4v) is 2.43. The van der Waals surface area contributed by atoms with E-state index in [0.717, 1.165) is 11.3 Å². The molecule has 3 aromatic rings. The van der Waals surface area contributed by atoms with Crippen LogP contribution in [0.4, 0.5) is 4.39 Å². The number of carbonyl (C=O) groups is 2. The van der Waals surface area contributed by atoms with Crippen molar-refractivity contribution in [3.8, 4) is 0 Å². The summed E-state index contributed by atoms with van der Waals surface area (Å²) >= 11 is 0. The normalized spacial score (nSPS) is 13.2. The molecular formula is C18H18FN5O3. The van der Waals surface area contributed by atoms with Gasteiger partial charge in [-0.25, -0.2) is 18.7 Å². The van der Waals surface area contributed by atoms with Crippen LogP contribution >= 0.6 is 0 Å². The molecule has 0 radical (unpaired) electrons. The van der Waals surface area contributed by atoms with Crippen LogP contribution in [0.2, 0.25) is 0 Å². The Morgan fingerprint density at radius 1 is 1.19 bits per heavy atom. The number of ether oxygens (including phenoxy) is 1. The zero-order valence-electron chi connectivity index (χ0n) is 15.0. The molecule has 2 heterocycles. The topological polar surface area (TPSA) is 98.5 Å². The molecule has 0 saturated carbocycles. The van der Waals surface area contributed by atoms with Crippen molar-refractivity contribution in [3.63, 3.8) is 0 Å². The van der Waals surface area contributed by atoms with E-state index in [0.29, 0.717) is 0 Å². The summed E-state index contributed by atoms with van der Waals surface area (Å²) in [5.74, 6) is -1.58. The molecule has 0 bridgehead atoms. The number of aromatic nitrogens is 4. The van der Waals surface area contributed by atoms with Gasteiger partial charge in [-0.2, -0.15) is 4.98 Å². The van der Waals surface area contributed by atoms with Crippen LogP contribution in [0.15, 0.2) is 36.5 Å². The lowest BCUT2D eigenvalue weighted by atomic mass is 10.1. The Morgan fingerprint density at radius 2 is 1.89 bits per heavy atom. The van der Waals surface area contributed by atoms with Crippen molar-refractivity contribution in [1.82, 2.24) is 24.9 Å². The van der Waals surface area contributed by atoms with Crippen LogP contribution in [-0.2, 0) is 9.53 Å². The van der Waals surface area contributed by atoms with Crippen LogP contribution in [0.25, 0.3) is 5.78 Å². The summed E-state index contributed by atoms with van der Waals surface area (Å²) in [5.41, 5.74) is 1.48. The van der Waals surface area contributed by atoms with Gasteiger partial charge in [-0.05, 0) is 44.5 Å². The third-order valence-electron chi connectivity index (χ3n) is 3.99. The number of carbonyl (C=O) groups excluding carboxylic acids is 2. The molecule has 3 rings (SSSR count). The molecule has 0 aliphatic carbocycles. The predicted octanol–water partition coefficient (Wildman–Crippen LogP) is 1.99. The van der Waals surface area contributed by atoms with Gasteiger partial charge in [0.25, 0.3) is 17.5 Å². The minimum atomic E-state index is -1.05. The van der Waals surface area contributed by atoms with E-state index in [1.165, 1.54) is 23.6 Å². The zero-order valence-corrected chi connectivity index (χ0v) is 15.0. The molecule has 0 saturated heterocycles. The third kappa shape index (κ3) is 4.08. The highest BCUT2D eigenvalue weighted by molar-refractivity contribution is 5.89. The van der Waals surface area contributed by atoms with Crippen molar-refractivity contribution in [2.45, 2.75) is 32.9 Å². The van der Waals surface area contributed by atoms with Crippen LogP contribution in [0.1, 0.15) is 41.8 Å². The van der Waals surface area contributed by atoms with Crippen molar-refractivity contribution in [2.24, 2.45) is 0 Å². The van der Waals surface area contributed by atoms with Gasteiger partial charge in [-0.15, -0.1) is 5.10 Å².